The van der Waals surface area contributed by atoms with Crippen LogP contribution in [0.1, 0.15) is 41.9 Å². The number of hydrogen-bond acceptors (Lipinski definition) is 8. The van der Waals surface area contributed by atoms with Gasteiger partial charge in [0.25, 0.3) is 0 Å². The predicted molar refractivity (Wildman–Crippen MR) is 135 cm³/mol. The Morgan fingerprint density at radius 1 is 1.31 bits per heavy atom. The van der Waals surface area contributed by atoms with Crippen molar-refractivity contribution >= 4 is 21.5 Å². The van der Waals surface area contributed by atoms with Crippen LogP contribution in [0.25, 0.3) is 0 Å². The first-order valence-corrected chi connectivity index (χ1v) is 13.2. The van der Waals surface area contributed by atoms with E-state index in [1.807, 2.05) is 11.9 Å². The zero-order chi connectivity index (χ0) is 26.1. The zero-order valence-corrected chi connectivity index (χ0v) is 21.4. The number of ketones is 1. The first kappa shape index (κ1) is 25.8. The van der Waals surface area contributed by atoms with Crippen molar-refractivity contribution in [2.45, 2.75) is 37.0 Å². The van der Waals surface area contributed by atoms with E-state index in [9.17, 15) is 13.2 Å². The molecule has 0 aliphatic carbocycles. The van der Waals surface area contributed by atoms with Gasteiger partial charge in [-0.2, -0.15) is 0 Å². The summed E-state index contributed by atoms with van der Waals surface area (Å²) in [4.78, 5) is 23.4. The summed E-state index contributed by atoms with van der Waals surface area (Å²) in [5.74, 6) is 4.76. The van der Waals surface area contributed by atoms with Gasteiger partial charge in [-0.1, -0.05) is 12.0 Å². The van der Waals surface area contributed by atoms with Crippen molar-refractivity contribution in [3.63, 3.8) is 0 Å². The molecule has 8 nitrogen and oxygen atoms in total. The summed E-state index contributed by atoms with van der Waals surface area (Å²) in [6.45, 7) is 4.36. The Bertz CT molecular complexity index is 1380. The number of hydrogen-bond donors (Lipinski definition) is 1. The molecule has 2 N–H and O–H groups in total. The first-order chi connectivity index (χ1) is 17.0. The summed E-state index contributed by atoms with van der Waals surface area (Å²) in [7, 11) is -1.89. The van der Waals surface area contributed by atoms with E-state index < -0.39 is 25.9 Å². The maximum Gasteiger partial charge on any atom is 0.185 e. The molecule has 0 amide bonds. The number of nitrogens with two attached hydrogens (primary N) is 1. The van der Waals surface area contributed by atoms with Gasteiger partial charge in [-0.05, 0) is 63.7 Å². The number of sulfone groups is 1. The molecule has 0 bridgehead atoms. The highest BCUT2D eigenvalue weighted by atomic mass is 32.2. The highest BCUT2D eigenvalue weighted by Gasteiger charge is 2.57. The second-order valence-electron chi connectivity index (χ2n) is 9.52. The van der Waals surface area contributed by atoms with Gasteiger partial charge in [0.2, 0.25) is 0 Å². The number of rotatable bonds is 6. The maximum absolute atomic E-state index is 15.0. The molecule has 1 saturated heterocycles. The van der Waals surface area contributed by atoms with Gasteiger partial charge < -0.3 is 15.4 Å². The standard InChI is InChI=1S/C26H29FN4O4S/c1-4-5-12-35-19-7-9-22(29-15-19)23(32)14-18-6-8-21(27)20(13-18)25(2)17-36(33,34)26(24(28)30-25)10-11-31(3)16-26/h6-9,13,15H,10-12,14,16-17H2,1-3H3,(H2,28,30)/t25-,26?/m0/s1. The van der Waals surface area contributed by atoms with Crippen molar-refractivity contribution in [1.29, 1.82) is 0 Å². The molecular formula is C26H29FN4O4S. The minimum atomic E-state index is -3.73. The van der Waals surface area contributed by atoms with Crippen molar-refractivity contribution in [3.8, 4) is 17.6 Å². The van der Waals surface area contributed by atoms with E-state index in [0.717, 1.165) is 0 Å². The minimum Gasteiger partial charge on any atom is -0.479 e. The molecular weight excluding hydrogens is 483 g/mol. The molecule has 1 aromatic heterocycles. The number of halogens is 1. The summed E-state index contributed by atoms with van der Waals surface area (Å²) in [5, 5.41) is 0. The van der Waals surface area contributed by atoms with Crippen molar-refractivity contribution in [2.75, 3.05) is 32.5 Å². The van der Waals surface area contributed by atoms with Gasteiger partial charge in [-0.15, -0.1) is 5.92 Å². The Morgan fingerprint density at radius 3 is 2.69 bits per heavy atom. The number of ether oxygens (including phenoxy) is 1. The fraction of sp³-hybridized carbons (Fsp3) is 0.423. The number of pyridine rings is 1. The molecule has 36 heavy (non-hydrogen) atoms. The first-order valence-electron chi connectivity index (χ1n) is 11.6. The van der Waals surface area contributed by atoms with E-state index >= 15 is 4.39 Å². The lowest BCUT2D eigenvalue weighted by Crippen LogP contribution is -2.59. The quantitative estimate of drug-likeness (QED) is 0.466. The summed E-state index contributed by atoms with van der Waals surface area (Å²) < 4.78 is 46.0. The lowest BCUT2D eigenvalue weighted by Gasteiger charge is -2.39. The highest BCUT2D eigenvalue weighted by molar-refractivity contribution is 7.93. The van der Waals surface area contributed by atoms with Crippen LogP contribution in [0.5, 0.6) is 5.75 Å². The van der Waals surface area contributed by atoms with Gasteiger partial charge in [0.1, 0.15) is 40.0 Å². The van der Waals surface area contributed by atoms with Crippen LogP contribution in [-0.2, 0) is 21.8 Å². The molecule has 0 radical (unpaired) electrons. The maximum atomic E-state index is 15.0. The third-order valence-electron chi connectivity index (χ3n) is 6.81. The molecule has 1 aromatic carbocycles. The number of likely N-dealkylation sites (tertiary alicyclic amines) is 1. The van der Waals surface area contributed by atoms with Crippen LogP contribution in [-0.4, -0.2) is 67.2 Å². The minimum absolute atomic E-state index is 0.0120. The van der Waals surface area contributed by atoms with Crippen LogP contribution in [0.15, 0.2) is 41.5 Å². The summed E-state index contributed by atoms with van der Waals surface area (Å²) >= 11 is 0. The van der Waals surface area contributed by atoms with E-state index in [-0.39, 0.29) is 48.2 Å². The third-order valence-corrected chi connectivity index (χ3v) is 9.48. The van der Waals surface area contributed by atoms with Crippen molar-refractivity contribution in [1.82, 2.24) is 9.88 Å². The number of benzene rings is 1. The number of aliphatic imine (C=N–C) groups is 1. The van der Waals surface area contributed by atoms with Crippen LogP contribution in [0, 0.1) is 17.7 Å². The number of carbonyl (C=O) groups is 1. The topological polar surface area (TPSA) is 115 Å². The van der Waals surface area contributed by atoms with Crippen LogP contribution in [0.2, 0.25) is 0 Å². The summed E-state index contributed by atoms with van der Waals surface area (Å²) in [5.41, 5.74) is 5.70. The molecule has 1 fully saturated rings. The average molecular weight is 513 g/mol. The Kier molecular flexibility index (Phi) is 6.90. The monoisotopic (exact) mass is 512 g/mol. The number of carbonyl (C=O) groups excluding carboxylic acids is 1. The molecule has 0 saturated carbocycles. The largest absolute Gasteiger partial charge is 0.479 e. The molecule has 190 valence electrons. The van der Waals surface area contributed by atoms with Crippen LogP contribution in [0.3, 0.4) is 0 Å². The molecule has 3 heterocycles. The number of amidine groups is 1. The fourth-order valence-corrected chi connectivity index (χ4v) is 7.25. The Labute approximate surface area is 210 Å². The van der Waals surface area contributed by atoms with Crippen molar-refractivity contribution < 1.29 is 22.3 Å². The summed E-state index contributed by atoms with van der Waals surface area (Å²) in [6.07, 6.45) is 1.76. The predicted octanol–water partition coefficient (Wildman–Crippen LogP) is 2.12. The van der Waals surface area contributed by atoms with Crippen molar-refractivity contribution in [3.05, 3.63) is 59.2 Å². The Balaban J connectivity index is 1.58. The highest BCUT2D eigenvalue weighted by Crippen LogP contribution is 2.41. The van der Waals surface area contributed by atoms with Gasteiger partial charge in [0, 0.05) is 18.5 Å². The molecule has 4 rings (SSSR count). The SMILES string of the molecule is CC#CCOc1ccc(C(=O)Cc2ccc(F)c([C@]3(C)CS(=O)(=O)C4(CCN(C)C4)C(N)=N3)c2)nc1. The third kappa shape index (κ3) is 4.73. The van der Waals surface area contributed by atoms with Crippen LogP contribution >= 0.6 is 0 Å². The zero-order valence-electron chi connectivity index (χ0n) is 20.5. The molecule has 2 aromatic rings. The lowest BCUT2D eigenvalue weighted by atomic mass is 9.90. The molecule has 1 spiro atoms. The van der Waals surface area contributed by atoms with Crippen molar-refractivity contribution in [2.24, 2.45) is 10.7 Å². The Hall–Kier alpha value is -3.29. The van der Waals surface area contributed by atoms with Gasteiger partial charge in [0.15, 0.2) is 15.6 Å². The smallest absolute Gasteiger partial charge is 0.185 e. The second kappa shape index (κ2) is 9.64. The van der Waals surface area contributed by atoms with E-state index in [2.05, 4.69) is 21.8 Å². The van der Waals surface area contributed by atoms with Gasteiger partial charge in [-0.25, -0.2) is 17.8 Å². The summed E-state index contributed by atoms with van der Waals surface area (Å²) in [6, 6.07) is 7.42. The van der Waals surface area contributed by atoms with Gasteiger partial charge >= 0.3 is 0 Å². The molecule has 2 aliphatic rings. The second-order valence-corrected chi connectivity index (χ2v) is 11.8. The molecule has 10 heteroatoms. The van der Waals surface area contributed by atoms with Gasteiger partial charge in [-0.3, -0.25) is 9.79 Å². The fourth-order valence-electron chi connectivity index (χ4n) is 4.83. The average Bonchev–Trinajstić information content (AvgIpc) is 3.23. The van der Waals surface area contributed by atoms with Crippen LogP contribution < -0.4 is 10.5 Å². The Morgan fingerprint density at radius 2 is 2.08 bits per heavy atom. The normalized spacial score (nSPS) is 25.2. The van der Waals surface area contributed by atoms with E-state index in [1.165, 1.54) is 24.4 Å². The number of aromatic nitrogens is 1. The molecule has 2 aliphatic heterocycles. The molecule has 2 atom stereocenters. The van der Waals surface area contributed by atoms with Crippen LogP contribution in [0.4, 0.5) is 4.39 Å². The van der Waals surface area contributed by atoms with E-state index in [1.54, 1.807) is 26.0 Å². The van der Waals surface area contributed by atoms with E-state index in [0.29, 0.717) is 24.3 Å². The number of Topliss-reactive ketones (excluding diaryl/α,β-unsaturated/α-hetero) is 1. The lowest BCUT2D eigenvalue weighted by molar-refractivity contribution is 0.0988. The van der Waals surface area contributed by atoms with E-state index in [4.69, 9.17) is 10.5 Å². The molecule has 1 unspecified atom stereocenters. The van der Waals surface area contributed by atoms with Gasteiger partial charge in [0.05, 0.1) is 11.9 Å². The number of nitrogens with zero attached hydrogens (tertiary/aromatic N) is 3.